The van der Waals surface area contributed by atoms with E-state index in [1.165, 1.54) is 0 Å². The van der Waals surface area contributed by atoms with E-state index in [-0.39, 0.29) is 6.04 Å². The zero-order chi connectivity index (χ0) is 18.4. The van der Waals surface area contributed by atoms with Crippen LogP contribution in [0.4, 0.5) is 5.69 Å². The van der Waals surface area contributed by atoms with Gasteiger partial charge in [0.1, 0.15) is 11.8 Å². The van der Waals surface area contributed by atoms with E-state index >= 15 is 0 Å². The van der Waals surface area contributed by atoms with Crippen LogP contribution in [0.2, 0.25) is 0 Å². The standard InChI is InChI=1S/C17H22N6O3/c1-4-12-11-15(26-20-12)16(17-19-21-22-23(17)9-10-24-2)18-13-5-7-14(25-3)8-6-13/h5-8,11,16,18H,4,9-10H2,1-3H3. The van der Waals surface area contributed by atoms with Crippen molar-refractivity contribution in [3.05, 3.63) is 47.6 Å². The van der Waals surface area contributed by atoms with E-state index in [0.29, 0.717) is 24.7 Å². The quantitative estimate of drug-likeness (QED) is 0.620. The van der Waals surface area contributed by atoms with Crippen LogP contribution >= 0.6 is 0 Å². The molecule has 0 saturated carbocycles. The lowest BCUT2D eigenvalue weighted by Crippen LogP contribution is -2.19. The van der Waals surface area contributed by atoms with Crippen LogP contribution in [0.5, 0.6) is 5.75 Å². The predicted octanol–water partition coefficient (Wildman–Crippen LogP) is 2.08. The second kappa shape index (κ2) is 8.43. The van der Waals surface area contributed by atoms with Gasteiger partial charge in [-0.05, 0) is 41.1 Å². The van der Waals surface area contributed by atoms with Gasteiger partial charge in [-0.25, -0.2) is 4.68 Å². The van der Waals surface area contributed by atoms with Crippen molar-refractivity contribution < 1.29 is 14.0 Å². The largest absolute Gasteiger partial charge is 0.497 e. The molecule has 138 valence electrons. The fourth-order valence-corrected chi connectivity index (χ4v) is 2.50. The third-order valence-electron chi connectivity index (χ3n) is 3.95. The number of methoxy groups -OCH3 is 2. The van der Waals surface area contributed by atoms with Gasteiger partial charge in [0.25, 0.3) is 0 Å². The maximum absolute atomic E-state index is 5.54. The molecule has 0 fully saturated rings. The van der Waals surface area contributed by atoms with E-state index in [2.05, 4.69) is 26.0 Å². The Morgan fingerprint density at radius 1 is 1.23 bits per heavy atom. The van der Waals surface area contributed by atoms with Gasteiger partial charge in [-0.2, -0.15) is 0 Å². The molecule has 9 nitrogen and oxygen atoms in total. The SMILES string of the molecule is CCc1cc(C(Nc2ccc(OC)cc2)c2nnnn2CCOC)on1. The number of rotatable bonds is 9. The first-order chi connectivity index (χ1) is 12.7. The third-order valence-corrected chi connectivity index (χ3v) is 3.95. The molecule has 3 rings (SSSR count). The molecular weight excluding hydrogens is 336 g/mol. The molecule has 0 aliphatic rings. The summed E-state index contributed by atoms with van der Waals surface area (Å²) in [5.41, 5.74) is 1.75. The van der Waals surface area contributed by atoms with Gasteiger partial charge in [-0.1, -0.05) is 12.1 Å². The number of aromatic nitrogens is 5. The Kier molecular flexibility index (Phi) is 5.80. The molecular formula is C17H22N6O3. The maximum atomic E-state index is 5.54. The van der Waals surface area contributed by atoms with Crippen molar-refractivity contribution in [3.63, 3.8) is 0 Å². The van der Waals surface area contributed by atoms with Crippen molar-refractivity contribution >= 4 is 5.69 Å². The van der Waals surface area contributed by atoms with Gasteiger partial charge in [-0.3, -0.25) is 0 Å². The van der Waals surface area contributed by atoms with Crippen LogP contribution in [-0.2, 0) is 17.7 Å². The van der Waals surface area contributed by atoms with Crippen LogP contribution in [0.3, 0.4) is 0 Å². The highest BCUT2D eigenvalue weighted by atomic mass is 16.5. The summed E-state index contributed by atoms with van der Waals surface area (Å²) in [4.78, 5) is 0. The highest BCUT2D eigenvalue weighted by Crippen LogP contribution is 2.27. The molecule has 0 bridgehead atoms. The molecule has 26 heavy (non-hydrogen) atoms. The molecule has 1 atom stereocenters. The zero-order valence-corrected chi connectivity index (χ0v) is 15.0. The first-order valence-corrected chi connectivity index (χ1v) is 8.36. The van der Waals surface area contributed by atoms with Gasteiger partial charge < -0.3 is 19.3 Å². The van der Waals surface area contributed by atoms with Crippen LogP contribution in [0.15, 0.2) is 34.9 Å². The number of benzene rings is 1. The van der Waals surface area contributed by atoms with Gasteiger partial charge in [-0.15, -0.1) is 5.10 Å². The molecule has 1 N–H and O–H groups in total. The van der Waals surface area contributed by atoms with E-state index < -0.39 is 0 Å². The second-order valence-corrected chi connectivity index (χ2v) is 5.63. The molecule has 0 aliphatic carbocycles. The van der Waals surface area contributed by atoms with Crippen molar-refractivity contribution in [1.29, 1.82) is 0 Å². The van der Waals surface area contributed by atoms with Crippen LogP contribution < -0.4 is 10.1 Å². The molecule has 0 saturated heterocycles. The van der Waals surface area contributed by atoms with Crippen molar-refractivity contribution in [2.24, 2.45) is 0 Å². The Hall–Kier alpha value is -2.94. The molecule has 3 aromatic rings. The van der Waals surface area contributed by atoms with Gasteiger partial charge in [0.05, 0.1) is 26.0 Å². The van der Waals surface area contributed by atoms with Crippen molar-refractivity contribution in [2.75, 3.05) is 26.1 Å². The van der Waals surface area contributed by atoms with Crippen molar-refractivity contribution in [2.45, 2.75) is 25.9 Å². The summed E-state index contributed by atoms with van der Waals surface area (Å²) in [7, 11) is 3.27. The fraction of sp³-hybridized carbons (Fsp3) is 0.412. The lowest BCUT2D eigenvalue weighted by molar-refractivity contribution is 0.181. The average Bonchev–Trinajstić information content (AvgIpc) is 3.34. The van der Waals surface area contributed by atoms with Crippen molar-refractivity contribution in [1.82, 2.24) is 25.4 Å². The Morgan fingerprint density at radius 3 is 2.69 bits per heavy atom. The molecule has 9 heteroatoms. The second-order valence-electron chi connectivity index (χ2n) is 5.63. The number of ether oxygens (including phenoxy) is 2. The van der Waals surface area contributed by atoms with Gasteiger partial charge in [0.2, 0.25) is 0 Å². The summed E-state index contributed by atoms with van der Waals surface area (Å²) in [5.74, 6) is 2.05. The van der Waals surface area contributed by atoms with E-state index in [0.717, 1.165) is 23.6 Å². The molecule has 2 heterocycles. The summed E-state index contributed by atoms with van der Waals surface area (Å²) in [6, 6.07) is 9.13. The highest BCUT2D eigenvalue weighted by molar-refractivity contribution is 5.49. The maximum Gasteiger partial charge on any atom is 0.181 e. The topological polar surface area (TPSA) is 100 Å². The molecule has 1 aromatic carbocycles. The Bertz CT molecular complexity index is 814. The van der Waals surface area contributed by atoms with E-state index in [9.17, 15) is 0 Å². The first-order valence-electron chi connectivity index (χ1n) is 8.36. The van der Waals surface area contributed by atoms with Crippen LogP contribution in [-0.4, -0.2) is 46.2 Å². The lowest BCUT2D eigenvalue weighted by atomic mass is 10.1. The molecule has 0 radical (unpaired) electrons. The van der Waals surface area contributed by atoms with E-state index in [4.69, 9.17) is 14.0 Å². The van der Waals surface area contributed by atoms with E-state index in [1.54, 1.807) is 18.9 Å². The number of anilines is 1. The minimum atomic E-state index is -0.386. The summed E-state index contributed by atoms with van der Waals surface area (Å²) >= 11 is 0. The van der Waals surface area contributed by atoms with Crippen LogP contribution in [0.25, 0.3) is 0 Å². The molecule has 2 aromatic heterocycles. The molecule has 0 aliphatic heterocycles. The highest BCUT2D eigenvalue weighted by Gasteiger charge is 2.25. The fourth-order valence-electron chi connectivity index (χ4n) is 2.50. The Balaban J connectivity index is 1.92. The van der Waals surface area contributed by atoms with Crippen LogP contribution in [0.1, 0.15) is 30.2 Å². The third kappa shape index (κ3) is 3.99. The van der Waals surface area contributed by atoms with Gasteiger partial charge in [0, 0.05) is 18.9 Å². The minimum absolute atomic E-state index is 0.386. The number of nitrogens with zero attached hydrogens (tertiary/aromatic N) is 5. The number of hydrogen-bond donors (Lipinski definition) is 1. The minimum Gasteiger partial charge on any atom is -0.497 e. The Morgan fingerprint density at radius 2 is 2.04 bits per heavy atom. The number of hydrogen-bond acceptors (Lipinski definition) is 8. The predicted molar refractivity (Wildman–Crippen MR) is 94.0 cm³/mol. The van der Waals surface area contributed by atoms with Crippen molar-refractivity contribution in [3.8, 4) is 5.75 Å². The summed E-state index contributed by atoms with van der Waals surface area (Å²) < 4.78 is 17.6. The average molecular weight is 358 g/mol. The molecule has 0 amide bonds. The smallest absolute Gasteiger partial charge is 0.181 e. The number of tetrazole rings is 1. The van der Waals surface area contributed by atoms with Gasteiger partial charge in [0.15, 0.2) is 11.6 Å². The lowest BCUT2D eigenvalue weighted by Gasteiger charge is -2.17. The summed E-state index contributed by atoms with van der Waals surface area (Å²) in [5, 5.41) is 19.5. The van der Waals surface area contributed by atoms with E-state index in [1.807, 2.05) is 37.3 Å². The van der Waals surface area contributed by atoms with Crippen LogP contribution in [0, 0.1) is 0 Å². The number of aryl methyl sites for hydroxylation is 1. The summed E-state index contributed by atoms with van der Waals surface area (Å²) in [6.07, 6.45) is 0.785. The monoisotopic (exact) mass is 358 g/mol. The molecule has 1 unspecified atom stereocenters. The summed E-state index contributed by atoms with van der Waals surface area (Å²) in [6.45, 7) is 3.06. The normalized spacial score (nSPS) is 12.1. The molecule has 0 spiro atoms. The number of nitrogens with one attached hydrogen (secondary N) is 1. The zero-order valence-electron chi connectivity index (χ0n) is 15.0. The van der Waals surface area contributed by atoms with Gasteiger partial charge >= 0.3 is 0 Å². The Labute approximate surface area is 151 Å². The first kappa shape index (κ1) is 17.9.